The Morgan fingerprint density at radius 1 is 1.50 bits per heavy atom. The Labute approximate surface area is 120 Å². The summed E-state index contributed by atoms with van der Waals surface area (Å²) >= 11 is 9.22. The van der Waals surface area contributed by atoms with Gasteiger partial charge in [0.05, 0.1) is 6.10 Å². The molecule has 98 valence electrons. The molecule has 0 saturated carbocycles. The fourth-order valence-electron chi connectivity index (χ4n) is 2.01. The zero-order chi connectivity index (χ0) is 13.0. The third-order valence-corrected chi connectivity index (χ3v) is 3.58. The first-order chi connectivity index (χ1) is 8.65. The number of halogens is 2. The van der Waals surface area contributed by atoms with Crippen LogP contribution in [0.3, 0.4) is 0 Å². The average molecular weight is 333 g/mol. The lowest BCUT2D eigenvalue weighted by Gasteiger charge is -2.10. The van der Waals surface area contributed by atoms with Crippen LogP contribution in [0.15, 0.2) is 22.7 Å². The van der Waals surface area contributed by atoms with E-state index in [0.717, 1.165) is 30.3 Å². The lowest BCUT2D eigenvalue weighted by molar-refractivity contribution is 0.0907. The largest absolute Gasteiger partial charge is 0.378 e. The molecule has 0 aliphatic carbocycles. The highest BCUT2D eigenvalue weighted by Gasteiger charge is 2.15. The molecule has 18 heavy (non-hydrogen) atoms. The molecule has 1 atom stereocenters. The Morgan fingerprint density at radius 2 is 2.33 bits per heavy atom. The number of carbonyl (C=O) groups excluding carboxylic acids is 1. The molecule has 1 heterocycles. The molecule has 3 nitrogen and oxygen atoms in total. The van der Waals surface area contributed by atoms with Crippen LogP contribution >= 0.6 is 27.5 Å². The highest BCUT2D eigenvalue weighted by Crippen LogP contribution is 2.19. The zero-order valence-electron chi connectivity index (χ0n) is 9.92. The van der Waals surface area contributed by atoms with Crippen molar-refractivity contribution in [2.75, 3.05) is 13.2 Å². The van der Waals surface area contributed by atoms with Crippen LogP contribution in [0.4, 0.5) is 0 Å². The van der Waals surface area contributed by atoms with Crippen LogP contribution in [0.2, 0.25) is 5.02 Å². The normalized spacial score (nSPS) is 18.9. The minimum atomic E-state index is -0.101. The van der Waals surface area contributed by atoms with Crippen LogP contribution in [0.25, 0.3) is 0 Å². The number of benzene rings is 1. The lowest BCUT2D eigenvalue weighted by atomic mass is 10.1. The van der Waals surface area contributed by atoms with Crippen molar-refractivity contribution in [3.05, 3.63) is 33.3 Å². The van der Waals surface area contributed by atoms with Gasteiger partial charge in [-0.05, 0) is 37.5 Å². The smallest absolute Gasteiger partial charge is 0.251 e. The van der Waals surface area contributed by atoms with E-state index in [1.165, 1.54) is 0 Å². The summed E-state index contributed by atoms with van der Waals surface area (Å²) in [6, 6.07) is 5.17. The van der Waals surface area contributed by atoms with Crippen LogP contribution in [0.1, 0.15) is 29.6 Å². The average Bonchev–Trinajstić information content (AvgIpc) is 2.80. The standard InChI is InChI=1S/C13H15BrClNO2/c14-10-6-9(7-11(15)8-10)13(17)16-4-3-12-2-1-5-18-12/h6-8,12H,1-5H2,(H,16,17). The highest BCUT2D eigenvalue weighted by atomic mass is 79.9. The van der Waals surface area contributed by atoms with Crippen molar-refractivity contribution < 1.29 is 9.53 Å². The van der Waals surface area contributed by atoms with Gasteiger partial charge in [0.15, 0.2) is 0 Å². The van der Waals surface area contributed by atoms with E-state index in [0.29, 0.717) is 23.2 Å². The number of hydrogen-bond acceptors (Lipinski definition) is 2. The van der Waals surface area contributed by atoms with E-state index in [1.807, 2.05) is 0 Å². The molecule has 1 aliphatic rings. The number of ether oxygens (including phenoxy) is 1. The predicted molar refractivity (Wildman–Crippen MR) is 75.1 cm³/mol. The van der Waals surface area contributed by atoms with Crippen LogP contribution in [-0.4, -0.2) is 25.2 Å². The first-order valence-electron chi connectivity index (χ1n) is 6.01. The van der Waals surface area contributed by atoms with Gasteiger partial charge in [0, 0.05) is 28.2 Å². The molecule has 0 spiro atoms. The summed E-state index contributed by atoms with van der Waals surface area (Å²) in [7, 11) is 0. The number of rotatable bonds is 4. The van der Waals surface area contributed by atoms with Gasteiger partial charge in [-0.1, -0.05) is 27.5 Å². The molecule has 0 aromatic heterocycles. The molecule has 1 aliphatic heterocycles. The third kappa shape index (κ3) is 3.97. The molecular formula is C13H15BrClNO2. The van der Waals surface area contributed by atoms with E-state index in [2.05, 4.69) is 21.2 Å². The number of carbonyl (C=O) groups is 1. The topological polar surface area (TPSA) is 38.3 Å². The third-order valence-electron chi connectivity index (χ3n) is 2.90. The van der Waals surface area contributed by atoms with Gasteiger partial charge in [-0.2, -0.15) is 0 Å². The van der Waals surface area contributed by atoms with E-state index in [-0.39, 0.29) is 5.91 Å². The van der Waals surface area contributed by atoms with Crippen molar-refractivity contribution in [3.8, 4) is 0 Å². The van der Waals surface area contributed by atoms with E-state index in [1.54, 1.807) is 18.2 Å². The summed E-state index contributed by atoms with van der Waals surface area (Å²) in [6.45, 7) is 1.48. The minimum Gasteiger partial charge on any atom is -0.378 e. The van der Waals surface area contributed by atoms with Gasteiger partial charge in [-0.25, -0.2) is 0 Å². The summed E-state index contributed by atoms with van der Waals surface area (Å²) < 4.78 is 6.30. The second-order valence-corrected chi connectivity index (χ2v) is 5.69. The Bertz CT molecular complexity index is 413. The Kier molecular flexibility index (Phi) is 5.03. The fraction of sp³-hybridized carbons (Fsp3) is 0.462. The molecule has 1 aromatic carbocycles. The van der Waals surface area contributed by atoms with Crippen LogP contribution < -0.4 is 5.32 Å². The molecule has 1 amide bonds. The Morgan fingerprint density at radius 3 is 3.00 bits per heavy atom. The first-order valence-corrected chi connectivity index (χ1v) is 7.18. The summed E-state index contributed by atoms with van der Waals surface area (Å²) in [6.07, 6.45) is 3.39. The second-order valence-electron chi connectivity index (χ2n) is 4.34. The molecular weight excluding hydrogens is 318 g/mol. The van der Waals surface area contributed by atoms with Gasteiger partial charge in [0.25, 0.3) is 5.91 Å². The van der Waals surface area contributed by atoms with Gasteiger partial charge in [0.1, 0.15) is 0 Å². The Balaban J connectivity index is 1.83. The molecule has 2 rings (SSSR count). The van der Waals surface area contributed by atoms with Crippen molar-refractivity contribution in [1.29, 1.82) is 0 Å². The fourth-order valence-corrected chi connectivity index (χ4v) is 2.87. The van der Waals surface area contributed by atoms with Crippen LogP contribution in [0.5, 0.6) is 0 Å². The molecule has 1 N–H and O–H groups in total. The minimum absolute atomic E-state index is 0.101. The van der Waals surface area contributed by atoms with Gasteiger partial charge >= 0.3 is 0 Å². The van der Waals surface area contributed by atoms with Crippen molar-refractivity contribution in [2.45, 2.75) is 25.4 Å². The van der Waals surface area contributed by atoms with Gasteiger partial charge in [-0.3, -0.25) is 4.79 Å². The Hall–Kier alpha value is -0.580. The quantitative estimate of drug-likeness (QED) is 0.917. The molecule has 0 bridgehead atoms. The van der Waals surface area contributed by atoms with E-state index in [9.17, 15) is 4.79 Å². The second kappa shape index (κ2) is 6.55. The van der Waals surface area contributed by atoms with Crippen molar-refractivity contribution in [3.63, 3.8) is 0 Å². The zero-order valence-corrected chi connectivity index (χ0v) is 12.3. The monoisotopic (exact) mass is 331 g/mol. The maximum Gasteiger partial charge on any atom is 0.251 e. The van der Waals surface area contributed by atoms with Crippen LogP contribution in [-0.2, 0) is 4.74 Å². The number of nitrogens with one attached hydrogen (secondary N) is 1. The highest BCUT2D eigenvalue weighted by molar-refractivity contribution is 9.10. The molecule has 1 aromatic rings. The van der Waals surface area contributed by atoms with Gasteiger partial charge in [-0.15, -0.1) is 0 Å². The predicted octanol–water partition coefficient (Wildman–Crippen LogP) is 3.40. The van der Waals surface area contributed by atoms with E-state index in [4.69, 9.17) is 16.3 Å². The van der Waals surface area contributed by atoms with Crippen molar-refractivity contribution in [2.24, 2.45) is 0 Å². The van der Waals surface area contributed by atoms with E-state index < -0.39 is 0 Å². The van der Waals surface area contributed by atoms with Crippen molar-refractivity contribution in [1.82, 2.24) is 5.32 Å². The maximum atomic E-state index is 11.9. The molecule has 1 unspecified atom stereocenters. The first kappa shape index (κ1) is 13.8. The molecule has 0 radical (unpaired) electrons. The van der Waals surface area contributed by atoms with Crippen LogP contribution in [0, 0.1) is 0 Å². The summed E-state index contributed by atoms with van der Waals surface area (Å²) in [5.41, 5.74) is 0.571. The van der Waals surface area contributed by atoms with Gasteiger partial charge < -0.3 is 10.1 Å². The SMILES string of the molecule is O=C(NCCC1CCCO1)c1cc(Cl)cc(Br)c1. The molecule has 1 fully saturated rings. The molecule has 5 heteroatoms. The summed E-state index contributed by atoms with van der Waals surface area (Å²) in [5, 5.41) is 3.43. The van der Waals surface area contributed by atoms with E-state index >= 15 is 0 Å². The number of hydrogen-bond donors (Lipinski definition) is 1. The number of amides is 1. The lowest BCUT2D eigenvalue weighted by Crippen LogP contribution is -2.27. The van der Waals surface area contributed by atoms with Gasteiger partial charge in [0.2, 0.25) is 0 Å². The summed E-state index contributed by atoms with van der Waals surface area (Å²) in [4.78, 5) is 11.9. The van der Waals surface area contributed by atoms with Crippen molar-refractivity contribution >= 4 is 33.4 Å². The summed E-state index contributed by atoms with van der Waals surface area (Å²) in [5.74, 6) is -0.101. The molecule has 1 saturated heterocycles. The maximum absolute atomic E-state index is 11.9.